The molecule has 1 N–H and O–H groups in total. The summed E-state index contributed by atoms with van der Waals surface area (Å²) in [5, 5.41) is 13.3. The van der Waals surface area contributed by atoms with E-state index in [1.54, 1.807) is 18.8 Å². The Morgan fingerprint density at radius 1 is 1.40 bits per heavy atom. The molecule has 1 aromatic heterocycles. The molecule has 0 bridgehead atoms. The number of para-hydroxylation sites is 1. The summed E-state index contributed by atoms with van der Waals surface area (Å²) in [4.78, 5) is 15.5. The Hall–Kier alpha value is -2.37. The lowest BCUT2D eigenvalue weighted by molar-refractivity contribution is -0.141. The lowest BCUT2D eigenvalue weighted by atomic mass is 9.95. The summed E-state index contributed by atoms with van der Waals surface area (Å²) in [7, 11) is 3.33. The Kier molecular flexibility index (Phi) is 4.34. The Labute approximate surface area is 117 Å². The number of carbonyl (C=O) groups is 1. The second-order valence-electron chi connectivity index (χ2n) is 4.56. The molecule has 2 rings (SSSR count). The highest BCUT2D eigenvalue weighted by atomic mass is 16.5. The first kappa shape index (κ1) is 14.0. The van der Waals surface area contributed by atoms with Crippen LogP contribution in [0.3, 0.4) is 0 Å². The minimum absolute atomic E-state index is 0.337. The summed E-state index contributed by atoms with van der Waals surface area (Å²) in [5.41, 5.74) is 0.879. The Morgan fingerprint density at radius 2 is 2.15 bits per heavy atom. The van der Waals surface area contributed by atoms with E-state index in [9.17, 15) is 9.90 Å². The molecule has 0 spiro atoms. The summed E-state index contributed by atoms with van der Waals surface area (Å²) >= 11 is 0. The fraction of sp³-hybridized carbons (Fsp3) is 0.357. The van der Waals surface area contributed by atoms with Crippen LogP contribution in [0.1, 0.15) is 11.4 Å². The molecule has 6 nitrogen and oxygen atoms in total. The molecular weight excluding hydrogens is 258 g/mol. The van der Waals surface area contributed by atoms with Gasteiger partial charge in [0.2, 0.25) is 0 Å². The van der Waals surface area contributed by atoms with E-state index in [0.29, 0.717) is 24.4 Å². The molecule has 2 aromatic rings. The Balaban J connectivity index is 2.18. The van der Waals surface area contributed by atoms with Gasteiger partial charge < -0.3 is 9.84 Å². The van der Waals surface area contributed by atoms with E-state index in [-0.39, 0.29) is 0 Å². The SMILES string of the molecule is COc1ccccc1CC(Cc1ncnn1C)C(=O)O. The van der Waals surface area contributed by atoms with Crippen LogP contribution in [0.15, 0.2) is 30.6 Å². The molecule has 1 heterocycles. The first-order valence-corrected chi connectivity index (χ1v) is 6.29. The van der Waals surface area contributed by atoms with Crippen LogP contribution < -0.4 is 4.74 Å². The van der Waals surface area contributed by atoms with Crippen LogP contribution in [0.2, 0.25) is 0 Å². The van der Waals surface area contributed by atoms with Gasteiger partial charge in [-0.1, -0.05) is 18.2 Å². The van der Waals surface area contributed by atoms with Crippen molar-refractivity contribution in [3.05, 3.63) is 42.0 Å². The smallest absolute Gasteiger partial charge is 0.307 e. The van der Waals surface area contributed by atoms with Crippen molar-refractivity contribution in [3.63, 3.8) is 0 Å². The van der Waals surface area contributed by atoms with Crippen molar-refractivity contribution < 1.29 is 14.6 Å². The molecule has 1 unspecified atom stereocenters. The summed E-state index contributed by atoms with van der Waals surface area (Å²) < 4.78 is 6.85. The van der Waals surface area contributed by atoms with Crippen molar-refractivity contribution in [1.29, 1.82) is 0 Å². The number of aryl methyl sites for hydroxylation is 1. The fourth-order valence-corrected chi connectivity index (χ4v) is 2.11. The van der Waals surface area contributed by atoms with Gasteiger partial charge in [0, 0.05) is 13.5 Å². The number of carboxylic acids is 1. The third-order valence-electron chi connectivity index (χ3n) is 3.24. The maximum atomic E-state index is 11.4. The lowest BCUT2D eigenvalue weighted by Crippen LogP contribution is -2.21. The first-order valence-electron chi connectivity index (χ1n) is 6.29. The quantitative estimate of drug-likeness (QED) is 0.860. The normalized spacial score (nSPS) is 12.1. The van der Waals surface area contributed by atoms with Gasteiger partial charge in [-0.3, -0.25) is 9.48 Å². The average molecular weight is 275 g/mol. The second kappa shape index (κ2) is 6.18. The van der Waals surface area contributed by atoms with Gasteiger partial charge in [-0.05, 0) is 18.1 Å². The standard InChI is InChI=1S/C14H17N3O3/c1-17-13(15-9-16-17)8-11(14(18)19)7-10-5-3-4-6-12(10)20-2/h3-6,9,11H,7-8H2,1-2H3,(H,18,19). The van der Waals surface area contributed by atoms with E-state index < -0.39 is 11.9 Å². The van der Waals surface area contributed by atoms with Crippen LogP contribution >= 0.6 is 0 Å². The highest BCUT2D eigenvalue weighted by Crippen LogP contribution is 2.22. The van der Waals surface area contributed by atoms with E-state index in [1.807, 2.05) is 24.3 Å². The number of carboxylic acid groups (broad SMARTS) is 1. The fourth-order valence-electron chi connectivity index (χ4n) is 2.11. The minimum Gasteiger partial charge on any atom is -0.496 e. The van der Waals surface area contributed by atoms with Gasteiger partial charge in [-0.25, -0.2) is 4.98 Å². The maximum absolute atomic E-state index is 11.4. The van der Waals surface area contributed by atoms with Gasteiger partial charge in [-0.15, -0.1) is 0 Å². The zero-order valence-electron chi connectivity index (χ0n) is 11.5. The van der Waals surface area contributed by atoms with Crippen LogP contribution in [-0.4, -0.2) is 33.0 Å². The molecule has 1 atom stereocenters. The minimum atomic E-state index is -0.848. The van der Waals surface area contributed by atoms with E-state index >= 15 is 0 Å². The van der Waals surface area contributed by atoms with Gasteiger partial charge in [-0.2, -0.15) is 5.10 Å². The third-order valence-corrected chi connectivity index (χ3v) is 3.24. The number of rotatable bonds is 6. The molecule has 0 aliphatic heterocycles. The lowest BCUT2D eigenvalue weighted by Gasteiger charge is -2.14. The van der Waals surface area contributed by atoms with Crippen molar-refractivity contribution in [2.45, 2.75) is 12.8 Å². The van der Waals surface area contributed by atoms with Gasteiger partial charge in [0.05, 0.1) is 13.0 Å². The number of aliphatic carboxylic acids is 1. The van der Waals surface area contributed by atoms with E-state index in [4.69, 9.17) is 4.74 Å². The number of aromatic nitrogens is 3. The number of ether oxygens (including phenoxy) is 1. The largest absolute Gasteiger partial charge is 0.496 e. The first-order chi connectivity index (χ1) is 9.61. The van der Waals surface area contributed by atoms with Gasteiger partial charge in [0.25, 0.3) is 0 Å². The highest BCUT2D eigenvalue weighted by molar-refractivity contribution is 5.71. The number of benzene rings is 1. The second-order valence-corrected chi connectivity index (χ2v) is 4.56. The van der Waals surface area contributed by atoms with Crippen molar-refractivity contribution in [2.24, 2.45) is 13.0 Å². The molecule has 0 aliphatic rings. The predicted octanol–water partition coefficient (Wildman–Crippen LogP) is 1.31. The molecule has 0 radical (unpaired) electrons. The number of hydrogen-bond donors (Lipinski definition) is 1. The van der Waals surface area contributed by atoms with Crippen LogP contribution in [-0.2, 0) is 24.7 Å². The molecule has 0 fully saturated rings. The molecule has 106 valence electrons. The Morgan fingerprint density at radius 3 is 2.75 bits per heavy atom. The third kappa shape index (κ3) is 3.14. The topological polar surface area (TPSA) is 77.2 Å². The molecule has 0 amide bonds. The van der Waals surface area contributed by atoms with Crippen molar-refractivity contribution in [1.82, 2.24) is 14.8 Å². The molecule has 0 saturated heterocycles. The highest BCUT2D eigenvalue weighted by Gasteiger charge is 2.22. The van der Waals surface area contributed by atoms with Gasteiger partial charge >= 0.3 is 5.97 Å². The van der Waals surface area contributed by atoms with Crippen LogP contribution in [0, 0.1) is 5.92 Å². The number of hydrogen-bond acceptors (Lipinski definition) is 4. The molecule has 0 saturated carbocycles. The van der Waals surface area contributed by atoms with Crippen molar-refractivity contribution >= 4 is 5.97 Å². The van der Waals surface area contributed by atoms with Crippen LogP contribution in [0.4, 0.5) is 0 Å². The van der Waals surface area contributed by atoms with E-state index in [2.05, 4.69) is 10.1 Å². The van der Waals surface area contributed by atoms with Gasteiger partial charge in [0.15, 0.2) is 0 Å². The van der Waals surface area contributed by atoms with Gasteiger partial charge in [0.1, 0.15) is 17.9 Å². The maximum Gasteiger partial charge on any atom is 0.307 e. The molecule has 20 heavy (non-hydrogen) atoms. The molecular formula is C14H17N3O3. The summed E-state index contributed by atoms with van der Waals surface area (Å²) in [6, 6.07) is 7.45. The summed E-state index contributed by atoms with van der Waals surface area (Å²) in [6.07, 6.45) is 2.16. The zero-order valence-corrected chi connectivity index (χ0v) is 11.5. The summed E-state index contributed by atoms with van der Waals surface area (Å²) in [6.45, 7) is 0. The van der Waals surface area contributed by atoms with Crippen LogP contribution in [0.5, 0.6) is 5.75 Å². The summed E-state index contributed by atoms with van der Waals surface area (Å²) in [5.74, 6) is -0.0443. The predicted molar refractivity (Wildman–Crippen MR) is 72.5 cm³/mol. The number of methoxy groups -OCH3 is 1. The molecule has 0 aliphatic carbocycles. The van der Waals surface area contributed by atoms with Crippen LogP contribution in [0.25, 0.3) is 0 Å². The molecule has 6 heteroatoms. The van der Waals surface area contributed by atoms with E-state index in [0.717, 1.165) is 5.56 Å². The van der Waals surface area contributed by atoms with Crippen molar-refractivity contribution in [3.8, 4) is 5.75 Å². The monoisotopic (exact) mass is 275 g/mol. The van der Waals surface area contributed by atoms with Crippen molar-refractivity contribution in [2.75, 3.05) is 7.11 Å². The molecule has 1 aromatic carbocycles. The average Bonchev–Trinajstić information content (AvgIpc) is 2.84. The van der Waals surface area contributed by atoms with E-state index in [1.165, 1.54) is 6.33 Å². The number of nitrogens with zero attached hydrogens (tertiary/aromatic N) is 3. The Bertz CT molecular complexity index is 595. The zero-order chi connectivity index (χ0) is 14.5.